The van der Waals surface area contributed by atoms with Crippen molar-refractivity contribution >= 4 is 11.7 Å². The molecule has 0 aromatic heterocycles. The molecule has 0 saturated heterocycles. The molecule has 9 heavy (non-hydrogen) atoms. The standard InChI is InChI=1S/C4H9N3O2/c1-2(8)3(7-6)4(5)9/h3,7H,6H2,1H3,(H2,5,9). The molecule has 1 atom stereocenters. The summed E-state index contributed by atoms with van der Waals surface area (Å²) in [6.45, 7) is 1.23. The van der Waals surface area contributed by atoms with Gasteiger partial charge in [-0.25, -0.2) is 5.43 Å². The second kappa shape index (κ2) is 3.16. The SMILES string of the molecule is CC(=O)C(NN)C(N)=O. The number of nitrogens with one attached hydrogen (secondary N) is 1. The van der Waals surface area contributed by atoms with Crippen LogP contribution in [0.5, 0.6) is 0 Å². The zero-order chi connectivity index (χ0) is 7.44. The van der Waals surface area contributed by atoms with Crippen LogP contribution in [0.2, 0.25) is 0 Å². The molecular formula is C4H9N3O2. The Morgan fingerprint density at radius 3 is 2.00 bits per heavy atom. The number of rotatable bonds is 3. The van der Waals surface area contributed by atoms with Gasteiger partial charge in [0.2, 0.25) is 5.91 Å². The molecule has 52 valence electrons. The van der Waals surface area contributed by atoms with E-state index >= 15 is 0 Å². The Bertz CT molecular complexity index is 120. The van der Waals surface area contributed by atoms with Gasteiger partial charge in [0, 0.05) is 0 Å². The van der Waals surface area contributed by atoms with Crippen molar-refractivity contribution in [1.82, 2.24) is 5.43 Å². The summed E-state index contributed by atoms with van der Waals surface area (Å²) in [6, 6.07) is -1.05. The van der Waals surface area contributed by atoms with Gasteiger partial charge >= 0.3 is 0 Å². The number of hydrogen-bond acceptors (Lipinski definition) is 4. The first-order valence-corrected chi connectivity index (χ1v) is 2.35. The Kier molecular flexibility index (Phi) is 2.83. The van der Waals surface area contributed by atoms with Gasteiger partial charge in [0.25, 0.3) is 0 Å². The molecule has 0 aliphatic carbocycles. The fourth-order valence-electron chi connectivity index (χ4n) is 0.400. The van der Waals surface area contributed by atoms with Crippen molar-refractivity contribution in [1.29, 1.82) is 0 Å². The summed E-state index contributed by atoms with van der Waals surface area (Å²) in [5.41, 5.74) is 6.72. The summed E-state index contributed by atoms with van der Waals surface area (Å²) < 4.78 is 0. The molecule has 0 rings (SSSR count). The van der Waals surface area contributed by atoms with Gasteiger partial charge in [-0.05, 0) is 6.92 Å². The van der Waals surface area contributed by atoms with Crippen molar-refractivity contribution in [2.24, 2.45) is 11.6 Å². The van der Waals surface area contributed by atoms with E-state index in [-0.39, 0.29) is 5.78 Å². The maximum Gasteiger partial charge on any atom is 0.243 e. The lowest BCUT2D eigenvalue weighted by Gasteiger charge is -2.05. The number of hydrazine groups is 1. The molecule has 0 radical (unpaired) electrons. The van der Waals surface area contributed by atoms with Gasteiger partial charge in [-0.2, -0.15) is 0 Å². The maximum atomic E-state index is 10.4. The van der Waals surface area contributed by atoms with Crippen LogP contribution in [-0.4, -0.2) is 17.7 Å². The number of ketones is 1. The van der Waals surface area contributed by atoms with Crippen LogP contribution in [0.25, 0.3) is 0 Å². The first-order valence-electron chi connectivity index (χ1n) is 2.35. The topological polar surface area (TPSA) is 98.2 Å². The monoisotopic (exact) mass is 131 g/mol. The first-order chi connectivity index (χ1) is 4.09. The number of hydrogen-bond donors (Lipinski definition) is 3. The van der Waals surface area contributed by atoms with E-state index < -0.39 is 11.9 Å². The summed E-state index contributed by atoms with van der Waals surface area (Å²) in [4.78, 5) is 20.6. The van der Waals surface area contributed by atoms with Crippen LogP contribution in [0.1, 0.15) is 6.92 Å². The Hall–Kier alpha value is -0.940. The molecule has 0 aliphatic rings. The van der Waals surface area contributed by atoms with E-state index in [1.165, 1.54) is 6.92 Å². The highest BCUT2D eigenvalue weighted by molar-refractivity contribution is 6.03. The second-order valence-corrected chi connectivity index (χ2v) is 1.61. The number of carbonyl (C=O) groups is 2. The Morgan fingerprint density at radius 1 is 1.56 bits per heavy atom. The summed E-state index contributed by atoms with van der Waals surface area (Å²) in [5, 5.41) is 0. The van der Waals surface area contributed by atoms with Crippen LogP contribution < -0.4 is 17.0 Å². The quantitative estimate of drug-likeness (QED) is 0.232. The molecule has 5 heteroatoms. The number of amides is 1. The Labute approximate surface area is 52.4 Å². The summed E-state index contributed by atoms with van der Waals surface area (Å²) >= 11 is 0. The molecule has 5 nitrogen and oxygen atoms in total. The van der Waals surface area contributed by atoms with Gasteiger partial charge in [0.05, 0.1) is 0 Å². The van der Waals surface area contributed by atoms with Gasteiger partial charge in [-0.15, -0.1) is 0 Å². The van der Waals surface area contributed by atoms with Crippen molar-refractivity contribution in [3.63, 3.8) is 0 Å². The minimum atomic E-state index is -1.05. The van der Waals surface area contributed by atoms with Gasteiger partial charge in [0.15, 0.2) is 11.8 Å². The summed E-state index contributed by atoms with van der Waals surface area (Å²) in [7, 11) is 0. The average molecular weight is 131 g/mol. The first kappa shape index (κ1) is 8.06. The maximum absolute atomic E-state index is 10.4. The van der Waals surface area contributed by atoms with Crippen LogP contribution in [0.15, 0.2) is 0 Å². The van der Waals surface area contributed by atoms with E-state index in [4.69, 9.17) is 11.6 Å². The van der Waals surface area contributed by atoms with E-state index in [1.807, 2.05) is 5.43 Å². The van der Waals surface area contributed by atoms with Crippen LogP contribution >= 0.6 is 0 Å². The number of carbonyl (C=O) groups excluding carboxylic acids is 2. The van der Waals surface area contributed by atoms with Crippen molar-refractivity contribution in [3.8, 4) is 0 Å². The predicted octanol–water partition coefficient (Wildman–Crippen LogP) is -2.11. The second-order valence-electron chi connectivity index (χ2n) is 1.61. The Balaban J connectivity index is 3.99. The highest BCUT2D eigenvalue weighted by Crippen LogP contribution is 1.79. The van der Waals surface area contributed by atoms with Crippen molar-refractivity contribution in [2.75, 3.05) is 0 Å². The molecule has 0 spiro atoms. The average Bonchev–Trinajstić information content (AvgIpc) is 1.64. The van der Waals surface area contributed by atoms with Crippen LogP contribution in [0, 0.1) is 0 Å². The molecule has 0 aromatic carbocycles. The van der Waals surface area contributed by atoms with Crippen LogP contribution in [-0.2, 0) is 9.59 Å². The number of nitrogens with two attached hydrogens (primary N) is 2. The zero-order valence-corrected chi connectivity index (χ0v) is 5.05. The van der Waals surface area contributed by atoms with Crippen molar-refractivity contribution < 1.29 is 9.59 Å². The van der Waals surface area contributed by atoms with Gasteiger partial charge < -0.3 is 5.73 Å². The molecular weight excluding hydrogens is 122 g/mol. The molecule has 0 aliphatic heterocycles. The van der Waals surface area contributed by atoms with E-state index in [2.05, 4.69) is 0 Å². The molecule has 1 unspecified atom stereocenters. The summed E-state index contributed by atoms with van der Waals surface area (Å²) in [6.07, 6.45) is 0. The lowest BCUT2D eigenvalue weighted by atomic mass is 10.2. The van der Waals surface area contributed by atoms with E-state index in [0.29, 0.717) is 0 Å². The molecule has 1 amide bonds. The van der Waals surface area contributed by atoms with Crippen LogP contribution in [0.3, 0.4) is 0 Å². The summed E-state index contributed by atoms with van der Waals surface area (Å²) in [5.74, 6) is 3.66. The molecule has 5 N–H and O–H groups in total. The molecule has 0 bridgehead atoms. The fraction of sp³-hybridized carbons (Fsp3) is 0.500. The highest BCUT2D eigenvalue weighted by atomic mass is 16.2. The molecule has 0 saturated carbocycles. The molecule has 0 heterocycles. The van der Waals surface area contributed by atoms with E-state index in [0.717, 1.165) is 0 Å². The zero-order valence-electron chi connectivity index (χ0n) is 5.05. The lowest BCUT2D eigenvalue weighted by molar-refractivity contribution is -0.128. The van der Waals surface area contributed by atoms with Gasteiger partial charge in [-0.3, -0.25) is 15.4 Å². The van der Waals surface area contributed by atoms with Crippen molar-refractivity contribution in [3.05, 3.63) is 0 Å². The van der Waals surface area contributed by atoms with Crippen LogP contribution in [0.4, 0.5) is 0 Å². The highest BCUT2D eigenvalue weighted by Gasteiger charge is 2.17. The third-order valence-corrected chi connectivity index (χ3v) is 0.858. The fourth-order valence-corrected chi connectivity index (χ4v) is 0.400. The number of primary amides is 1. The van der Waals surface area contributed by atoms with Crippen molar-refractivity contribution in [2.45, 2.75) is 13.0 Å². The van der Waals surface area contributed by atoms with E-state index in [1.54, 1.807) is 0 Å². The third-order valence-electron chi connectivity index (χ3n) is 0.858. The molecule has 0 aromatic rings. The Morgan fingerprint density at radius 2 is 2.00 bits per heavy atom. The molecule has 0 fully saturated rings. The minimum absolute atomic E-state index is 0.384. The normalized spacial score (nSPS) is 12.7. The minimum Gasteiger partial charge on any atom is -0.368 e. The predicted molar refractivity (Wildman–Crippen MR) is 31.0 cm³/mol. The van der Waals surface area contributed by atoms with E-state index in [9.17, 15) is 9.59 Å². The number of Topliss-reactive ketones (excluding diaryl/α,β-unsaturated/α-hetero) is 1. The van der Waals surface area contributed by atoms with Gasteiger partial charge in [0.1, 0.15) is 0 Å². The third kappa shape index (κ3) is 2.20. The lowest BCUT2D eigenvalue weighted by Crippen LogP contribution is -2.49. The largest absolute Gasteiger partial charge is 0.368 e. The van der Waals surface area contributed by atoms with Gasteiger partial charge in [-0.1, -0.05) is 0 Å². The smallest absolute Gasteiger partial charge is 0.243 e.